The minimum Gasteiger partial charge on any atom is -0.341 e. The second-order valence-electron chi connectivity index (χ2n) is 4.58. The first-order chi connectivity index (χ1) is 7.45. The summed E-state index contributed by atoms with van der Waals surface area (Å²) in [5.41, 5.74) is 0.453. The van der Waals surface area contributed by atoms with Gasteiger partial charge in [-0.15, -0.1) is 0 Å². The maximum absolute atomic E-state index is 13.4. The number of nitrogens with zero attached hydrogens (tertiary/aromatic N) is 1. The Bertz CT molecular complexity index is 529. The molecule has 1 aromatic carbocycles. The van der Waals surface area contributed by atoms with Crippen LogP contribution in [0.1, 0.15) is 33.0 Å². The Balaban J connectivity index is 2.65. The van der Waals surface area contributed by atoms with Crippen molar-refractivity contribution in [3.05, 3.63) is 29.6 Å². The second-order valence-corrected chi connectivity index (χ2v) is 4.58. The largest absolute Gasteiger partial charge is 0.341 e. The van der Waals surface area contributed by atoms with E-state index in [4.69, 9.17) is 0 Å². The van der Waals surface area contributed by atoms with Gasteiger partial charge in [0.2, 0.25) is 0 Å². The highest BCUT2D eigenvalue weighted by Gasteiger charge is 2.23. The number of hydrogen-bond acceptors (Lipinski definition) is 1. The highest BCUT2D eigenvalue weighted by molar-refractivity contribution is 5.76. The molecule has 0 saturated heterocycles. The van der Waals surface area contributed by atoms with Crippen LogP contribution in [0.4, 0.5) is 8.78 Å². The van der Waals surface area contributed by atoms with Crippen LogP contribution in [-0.2, 0) is 5.41 Å². The topological polar surface area (TPSA) is 28.7 Å². The monoisotopic (exact) mass is 224 g/mol. The van der Waals surface area contributed by atoms with Gasteiger partial charge in [-0.1, -0.05) is 20.8 Å². The van der Waals surface area contributed by atoms with Crippen LogP contribution in [0.5, 0.6) is 0 Å². The highest BCUT2D eigenvalue weighted by Crippen LogP contribution is 2.27. The zero-order valence-electron chi connectivity index (χ0n) is 9.56. The Kier molecular flexibility index (Phi) is 2.45. The maximum atomic E-state index is 13.4. The van der Waals surface area contributed by atoms with E-state index in [2.05, 4.69) is 9.97 Å². The normalized spacial score (nSPS) is 12.3. The molecule has 1 aromatic heterocycles. The summed E-state index contributed by atoms with van der Waals surface area (Å²) in [6, 6.07) is 2.62. The summed E-state index contributed by atoms with van der Waals surface area (Å²) < 4.78 is 26.5. The molecule has 86 valence electrons. The summed E-state index contributed by atoms with van der Waals surface area (Å²) in [4.78, 5) is 7.18. The average Bonchev–Trinajstić information content (AvgIpc) is 2.69. The molecule has 1 N–H and O–H groups in total. The Morgan fingerprint density at radius 1 is 1.31 bits per heavy atom. The summed E-state index contributed by atoms with van der Waals surface area (Å²) in [7, 11) is 0. The van der Waals surface area contributed by atoms with Crippen LogP contribution in [0.2, 0.25) is 0 Å². The van der Waals surface area contributed by atoms with Crippen LogP contribution in [-0.4, -0.2) is 9.97 Å². The molecular formula is C12H14F2N2. The van der Waals surface area contributed by atoms with E-state index in [1.165, 1.54) is 6.07 Å². The lowest BCUT2D eigenvalue weighted by atomic mass is 9.90. The standard InChI is InChI=1S/C12H14F2N2/c1-4-12(2,3)11-15-8-6-5-7(13)9(14)10(8)16-11/h5-6H,4H2,1-3H3,(H,15,16). The van der Waals surface area contributed by atoms with Gasteiger partial charge in [0.15, 0.2) is 11.6 Å². The van der Waals surface area contributed by atoms with E-state index >= 15 is 0 Å². The van der Waals surface area contributed by atoms with Crippen molar-refractivity contribution in [2.45, 2.75) is 32.6 Å². The maximum Gasteiger partial charge on any atom is 0.186 e. The average molecular weight is 224 g/mol. The molecule has 0 unspecified atom stereocenters. The van der Waals surface area contributed by atoms with Crippen molar-refractivity contribution in [2.24, 2.45) is 0 Å². The van der Waals surface area contributed by atoms with Crippen molar-refractivity contribution in [2.75, 3.05) is 0 Å². The first-order valence-electron chi connectivity index (χ1n) is 5.30. The molecule has 2 aromatic rings. The van der Waals surface area contributed by atoms with Crippen LogP contribution < -0.4 is 0 Å². The van der Waals surface area contributed by atoms with Crippen molar-refractivity contribution < 1.29 is 8.78 Å². The Hall–Kier alpha value is -1.45. The molecule has 0 aliphatic heterocycles. The van der Waals surface area contributed by atoms with Gasteiger partial charge in [-0.3, -0.25) is 0 Å². The SMILES string of the molecule is CCC(C)(C)c1nc2c(F)c(F)ccc2[nH]1. The third-order valence-electron chi connectivity index (χ3n) is 3.07. The molecule has 0 bridgehead atoms. The van der Waals surface area contributed by atoms with Crippen LogP contribution in [0.15, 0.2) is 12.1 Å². The molecule has 4 heteroatoms. The second kappa shape index (κ2) is 3.54. The molecule has 0 amide bonds. The number of H-pyrrole nitrogens is 1. The lowest BCUT2D eigenvalue weighted by Crippen LogP contribution is -2.17. The van der Waals surface area contributed by atoms with Crippen LogP contribution >= 0.6 is 0 Å². The van der Waals surface area contributed by atoms with Gasteiger partial charge < -0.3 is 4.98 Å². The van der Waals surface area contributed by atoms with Gasteiger partial charge in [0.25, 0.3) is 0 Å². The summed E-state index contributed by atoms with van der Waals surface area (Å²) in [6.45, 7) is 6.06. The molecule has 0 aliphatic carbocycles. The van der Waals surface area contributed by atoms with Crippen molar-refractivity contribution in [1.29, 1.82) is 0 Å². The van der Waals surface area contributed by atoms with Crippen LogP contribution in [0.3, 0.4) is 0 Å². The fraction of sp³-hybridized carbons (Fsp3) is 0.417. The Labute approximate surface area is 92.7 Å². The van der Waals surface area contributed by atoms with Crippen molar-refractivity contribution in [3.63, 3.8) is 0 Å². The van der Waals surface area contributed by atoms with Crippen LogP contribution in [0, 0.1) is 11.6 Å². The van der Waals surface area contributed by atoms with Crippen molar-refractivity contribution >= 4 is 11.0 Å². The zero-order valence-corrected chi connectivity index (χ0v) is 9.56. The molecule has 0 aliphatic rings. The van der Waals surface area contributed by atoms with Gasteiger partial charge in [0.1, 0.15) is 11.3 Å². The van der Waals surface area contributed by atoms with Gasteiger partial charge in [0, 0.05) is 5.41 Å². The molecule has 2 nitrogen and oxygen atoms in total. The zero-order chi connectivity index (χ0) is 11.9. The van der Waals surface area contributed by atoms with Gasteiger partial charge in [-0.2, -0.15) is 0 Å². The van der Waals surface area contributed by atoms with E-state index < -0.39 is 11.6 Å². The Morgan fingerprint density at radius 2 is 2.00 bits per heavy atom. The lowest BCUT2D eigenvalue weighted by Gasteiger charge is -2.18. The van der Waals surface area contributed by atoms with E-state index in [0.29, 0.717) is 11.3 Å². The van der Waals surface area contributed by atoms with Crippen molar-refractivity contribution in [1.82, 2.24) is 9.97 Å². The molecule has 1 heterocycles. The summed E-state index contributed by atoms with van der Waals surface area (Å²) >= 11 is 0. The van der Waals surface area contributed by atoms with Gasteiger partial charge in [0.05, 0.1) is 5.52 Å². The number of benzene rings is 1. The quantitative estimate of drug-likeness (QED) is 0.830. The molecular weight excluding hydrogens is 210 g/mol. The van der Waals surface area contributed by atoms with E-state index in [0.717, 1.165) is 12.5 Å². The van der Waals surface area contributed by atoms with E-state index in [1.54, 1.807) is 0 Å². The first-order valence-corrected chi connectivity index (χ1v) is 5.30. The Morgan fingerprint density at radius 3 is 2.62 bits per heavy atom. The lowest BCUT2D eigenvalue weighted by molar-refractivity contribution is 0.478. The predicted octanol–water partition coefficient (Wildman–Crippen LogP) is 3.53. The molecule has 2 rings (SSSR count). The highest BCUT2D eigenvalue weighted by atomic mass is 19.2. The predicted molar refractivity (Wildman–Crippen MR) is 59.3 cm³/mol. The van der Waals surface area contributed by atoms with Gasteiger partial charge in [-0.25, -0.2) is 13.8 Å². The molecule has 0 atom stereocenters. The number of hydrogen-bond donors (Lipinski definition) is 1. The minimum absolute atomic E-state index is 0.0801. The minimum atomic E-state index is -0.882. The third kappa shape index (κ3) is 1.58. The molecule has 0 radical (unpaired) electrons. The third-order valence-corrected chi connectivity index (χ3v) is 3.07. The summed E-state index contributed by atoms with van der Waals surface area (Å²) in [5, 5.41) is 0. The van der Waals surface area contributed by atoms with E-state index in [-0.39, 0.29) is 10.9 Å². The number of fused-ring (bicyclic) bond motifs is 1. The molecule has 0 fully saturated rings. The van der Waals surface area contributed by atoms with Crippen LogP contribution in [0.25, 0.3) is 11.0 Å². The summed E-state index contributed by atoms with van der Waals surface area (Å²) in [5.74, 6) is -1.05. The number of aromatic amines is 1. The molecule has 16 heavy (non-hydrogen) atoms. The number of imidazole rings is 1. The van der Waals surface area contributed by atoms with Crippen molar-refractivity contribution in [3.8, 4) is 0 Å². The first kappa shape index (κ1) is 11.0. The number of aromatic nitrogens is 2. The fourth-order valence-corrected chi connectivity index (χ4v) is 1.51. The molecule has 0 spiro atoms. The number of halogens is 2. The smallest absolute Gasteiger partial charge is 0.186 e. The number of nitrogens with one attached hydrogen (secondary N) is 1. The summed E-state index contributed by atoms with van der Waals surface area (Å²) in [6.07, 6.45) is 0.872. The van der Waals surface area contributed by atoms with E-state index in [9.17, 15) is 8.78 Å². The fourth-order valence-electron chi connectivity index (χ4n) is 1.51. The van der Waals surface area contributed by atoms with Gasteiger partial charge in [-0.05, 0) is 18.6 Å². The van der Waals surface area contributed by atoms with Gasteiger partial charge >= 0.3 is 0 Å². The number of rotatable bonds is 2. The van der Waals surface area contributed by atoms with E-state index in [1.807, 2.05) is 20.8 Å². The molecule has 0 saturated carbocycles.